The third-order valence-electron chi connectivity index (χ3n) is 2.64. The fraction of sp³-hybridized carbons (Fsp3) is 0.364. The average Bonchev–Trinajstić information content (AvgIpc) is 2.48. The Bertz CT molecular complexity index is 369. The second-order valence-electron chi connectivity index (χ2n) is 3.62. The zero-order valence-electron chi connectivity index (χ0n) is 7.76. The maximum Gasteiger partial charge on any atom is 0.161 e. The minimum absolute atomic E-state index is 0.0622. The van der Waals surface area contributed by atoms with Crippen LogP contribution in [-0.4, -0.2) is 5.78 Å². The Kier molecular flexibility index (Phi) is 1.83. The molecule has 2 rings (SSSR count). The Labute approximate surface area is 77.8 Å². The van der Waals surface area contributed by atoms with Crippen LogP contribution in [0, 0.1) is 0 Å². The van der Waals surface area contributed by atoms with Crippen LogP contribution in [0.5, 0.6) is 0 Å². The third-order valence-corrected chi connectivity index (χ3v) is 2.64. The van der Waals surface area contributed by atoms with Crippen molar-refractivity contribution in [2.24, 2.45) is 0 Å². The van der Waals surface area contributed by atoms with Gasteiger partial charge in [0.05, 0.1) is 0 Å². The molecule has 0 bridgehead atoms. The van der Waals surface area contributed by atoms with Gasteiger partial charge in [0.15, 0.2) is 5.78 Å². The van der Waals surface area contributed by atoms with E-state index in [1.165, 1.54) is 17.5 Å². The molecule has 1 aromatic rings. The predicted molar refractivity (Wildman–Crippen MR) is 52.9 cm³/mol. The molecular weight excluding hydrogens is 162 g/mol. The van der Waals surface area contributed by atoms with Crippen molar-refractivity contribution in [3.05, 3.63) is 28.8 Å². The molecule has 0 heterocycles. The molecule has 1 aliphatic carbocycles. The second-order valence-corrected chi connectivity index (χ2v) is 3.62. The van der Waals surface area contributed by atoms with E-state index in [0.717, 1.165) is 12.8 Å². The molecule has 2 heteroatoms. The first-order valence-corrected chi connectivity index (χ1v) is 4.60. The van der Waals surface area contributed by atoms with Crippen molar-refractivity contribution in [2.45, 2.75) is 26.2 Å². The summed E-state index contributed by atoms with van der Waals surface area (Å²) in [5.74, 6) is 0.0622. The molecule has 0 amide bonds. The van der Waals surface area contributed by atoms with Gasteiger partial charge in [0.2, 0.25) is 0 Å². The van der Waals surface area contributed by atoms with Crippen molar-refractivity contribution in [1.29, 1.82) is 0 Å². The van der Waals surface area contributed by atoms with E-state index in [-0.39, 0.29) is 5.78 Å². The van der Waals surface area contributed by atoms with Crippen LogP contribution in [0.4, 0.5) is 5.69 Å². The summed E-state index contributed by atoms with van der Waals surface area (Å²) >= 11 is 0. The highest BCUT2D eigenvalue weighted by molar-refractivity contribution is 5.99. The molecule has 0 unspecified atom stereocenters. The number of rotatable bonds is 1. The molecule has 0 aliphatic heterocycles. The zero-order valence-corrected chi connectivity index (χ0v) is 7.76. The minimum atomic E-state index is 0.0622. The number of carbonyl (C=O) groups is 1. The fourth-order valence-corrected chi connectivity index (χ4v) is 1.95. The Hall–Kier alpha value is -1.31. The van der Waals surface area contributed by atoms with E-state index in [1.807, 2.05) is 12.1 Å². The quantitative estimate of drug-likeness (QED) is 0.523. The van der Waals surface area contributed by atoms with Gasteiger partial charge in [-0.05, 0) is 49.4 Å². The third kappa shape index (κ3) is 1.32. The van der Waals surface area contributed by atoms with Crippen LogP contribution in [0.3, 0.4) is 0 Å². The average molecular weight is 175 g/mol. The first-order valence-electron chi connectivity index (χ1n) is 4.60. The molecular formula is C11H13NO. The number of Topliss-reactive ketones (excluding diaryl/α,β-unsaturated/α-hetero) is 1. The van der Waals surface area contributed by atoms with Crippen LogP contribution in [0.1, 0.15) is 34.8 Å². The number of nitrogen functional groups attached to an aromatic ring is 1. The highest BCUT2D eigenvalue weighted by atomic mass is 16.1. The molecule has 0 saturated heterocycles. The molecule has 2 N–H and O–H groups in total. The Morgan fingerprint density at radius 1 is 1.31 bits per heavy atom. The summed E-state index contributed by atoms with van der Waals surface area (Å²) in [4.78, 5) is 11.2. The van der Waals surface area contributed by atoms with Crippen molar-refractivity contribution in [1.82, 2.24) is 0 Å². The van der Waals surface area contributed by atoms with E-state index in [2.05, 4.69) is 0 Å². The monoisotopic (exact) mass is 175 g/mol. The van der Waals surface area contributed by atoms with E-state index in [9.17, 15) is 4.79 Å². The fourth-order valence-electron chi connectivity index (χ4n) is 1.95. The molecule has 0 atom stereocenters. The standard InChI is InChI=1S/C11H13NO/c1-7(13)10-5-8-3-2-4-9(8)6-11(10)12/h5-6H,2-4,12H2,1H3. The summed E-state index contributed by atoms with van der Waals surface area (Å²) in [5.41, 5.74) is 9.71. The number of nitrogens with two attached hydrogens (primary N) is 1. The van der Waals surface area contributed by atoms with Crippen molar-refractivity contribution < 1.29 is 4.79 Å². The maximum atomic E-state index is 11.2. The van der Waals surface area contributed by atoms with Crippen molar-refractivity contribution in [3.63, 3.8) is 0 Å². The van der Waals surface area contributed by atoms with Crippen LogP contribution < -0.4 is 5.73 Å². The molecule has 1 aliphatic rings. The normalized spacial score (nSPS) is 14.2. The number of ketones is 1. The largest absolute Gasteiger partial charge is 0.398 e. The predicted octanol–water partition coefficient (Wildman–Crippen LogP) is 1.96. The lowest BCUT2D eigenvalue weighted by Gasteiger charge is -2.05. The van der Waals surface area contributed by atoms with Crippen LogP contribution in [-0.2, 0) is 12.8 Å². The van der Waals surface area contributed by atoms with Gasteiger partial charge in [-0.25, -0.2) is 0 Å². The highest BCUT2D eigenvalue weighted by Crippen LogP contribution is 2.26. The van der Waals surface area contributed by atoms with E-state index < -0.39 is 0 Å². The van der Waals surface area contributed by atoms with Crippen LogP contribution >= 0.6 is 0 Å². The summed E-state index contributed by atoms with van der Waals surface area (Å²) in [7, 11) is 0. The van der Waals surface area contributed by atoms with Crippen molar-refractivity contribution in [2.75, 3.05) is 5.73 Å². The zero-order chi connectivity index (χ0) is 9.42. The number of anilines is 1. The topological polar surface area (TPSA) is 43.1 Å². The molecule has 0 aromatic heterocycles. The van der Waals surface area contributed by atoms with Crippen LogP contribution in [0.25, 0.3) is 0 Å². The van der Waals surface area contributed by atoms with Gasteiger partial charge >= 0.3 is 0 Å². The van der Waals surface area contributed by atoms with Crippen molar-refractivity contribution >= 4 is 11.5 Å². The van der Waals surface area contributed by atoms with E-state index in [4.69, 9.17) is 5.73 Å². The molecule has 13 heavy (non-hydrogen) atoms. The SMILES string of the molecule is CC(=O)c1cc2c(cc1N)CCC2. The summed E-state index contributed by atoms with van der Waals surface area (Å²) < 4.78 is 0. The number of hydrogen-bond acceptors (Lipinski definition) is 2. The molecule has 0 saturated carbocycles. The molecule has 1 aromatic carbocycles. The van der Waals surface area contributed by atoms with E-state index in [0.29, 0.717) is 11.3 Å². The molecule has 0 spiro atoms. The first kappa shape index (κ1) is 8.30. The smallest absolute Gasteiger partial charge is 0.161 e. The van der Waals surface area contributed by atoms with E-state index in [1.54, 1.807) is 6.92 Å². The van der Waals surface area contributed by atoms with Gasteiger partial charge in [0, 0.05) is 11.3 Å². The Morgan fingerprint density at radius 2 is 1.92 bits per heavy atom. The molecule has 0 radical (unpaired) electrons. The van der Waals surface area contributed by atoms with Gasteiger partial charge in [0.25, 0.3) is 0 Å². The Balaban J connectivity index is 2.55. The second kappa shape index (κ2) is 2.87. The minimum Gasteiger partial charge on any atom is -0.398 e. The number of fused-ring (bicyclic) bond motifs is 1. The summed E-state index contributed by atoms with van der Waals surface area (Å²) in [6.07, 6.45) is 3.39. The maximum absolute atomic E-state index is 11.2. The lowest BCUT2D eigenvalue weighted by molar-refractivity contribution is 0.101. The molecule has 0 fully saturated rings. The van der Waals surface area contributed by atoms with Gasteiger partial charge in [-0.3, -0.25) is 4.79 Å². The van der Waals surface area contributed by atoms with Gasteiger partial charge in [-0.1, -0.05) is 0 Å². The van der Waals surface area contributed by atoms with Crippen LogP contribution in [0.2, 0.25) is 0 Å². The van der Waals surface area contributed by atoms with Gasteiger partial charge in [-0.15, -0.1) is 0 Å². The summed E-state index contributed by atoms with van der Waals surface area (Å²) in [6.45, 7) is 1.56. The van der Waals surface area contributed by atoms with Crippen molar-refractivity contribution in [3.8, 4) is 0 Å². The number of benzene rings is 1. The summed E-state index contributed by atoms with van der Waals surface area (Å²) in [6, 6.07) is 3.92. The molecule has 2 nitrogen and oxygen atoms in total. The first-order chi connectivity index (χ1) is 6.18. The van der Waals surface area contributed by atoms with E-state index >= 15 is 0 Å². The van der Waals surface area contributed by atoms with Gasteiger partial charge in [0.1, 0.15) is 0 Å². The number of aryl methyl sites for hydroxylation is 2. The number of hydrogen-bond donors (Lipinski definition) is 1. The lowest BCUT2D eigenvalue weighted by atomic mass is 10.0. The van der Waals surface area contributed by atoms with Crippen LogP contribution in [0.15, 0.2) is 12.1 Å². The summed E-state index contributed by atoms with van der Waals surface area (Å²) in [5, 5.41) is 0. The van der Waals surface area contributed by atoms with Gasteiger partial charge in [-0.2, -0.15) is 0 Å². The lowest BCUT2D eigenvalue weighted by Crippen LogP contribution is -2.01. The molecule has 68 valence electrons. The Morgan fingerprint density at radius 3 is 2.54 bits per heavy atom. The van der Waals surface area contributed by atoms with Gasteiger partial charge < -0.3 is 5.73 Å². The number of carbonyl (C=O) groups excluding carboxylic acids is 1. The highest BCUT2D eigenvalue weighted by Gasteiger charge is 2.14.